The van der Waals surface area contributed by atoms with Gasteiger partial charge in [-0.2, -0.15) is 8.78 Å². The molecular formula is C15H12F2O6. The first kappa shape index (κ1) is 16.5. The van der Waals surface area contributed by atoms with Crippen molar-refractivity contribution >= 4 is 29.0 Å². The topological polar surface area (TPSA) is 86.0 Å². The van der Waals surface area contributed by atoms with Crippen molar-refractivity contribution in [3.8, 4) is 5.75 Å². The first-order valence-electron chi connectivity index (χ1n) is 6.38. The summed E-state index contributed by atoms with van der Waals surface area (Å²) in [5.74, 6) is -1.79. The van der Waals surface area contributed by atoms with Gasteiger partial charge in [0.1, 0.15) is 5.76 Å². The average Bonchev–Trinajstić information content (AvgIpc) is 2.92. The third-order valence-corrected chi connectivity index (χ3v) is 2.93. The molecule has 0 aliphatic rings. The number of methoxy groups -OCH3 is 1. The molecule has 6 nitrogen and oxygen atoms in total. The van der Waals surface area contributed by atoms with E-state index in [-0.39, 0.29) is 23.5 Å². The second kappa shape index (κ2) is 6.91. The lowest BCUT2D eigenvalue weighted by Crippen LogP contribution is -2.06. The number of hydrogen-bond donors (Lipinski definition) is 1. The van der Waals surface area contributed by atoms with Gasteiger partial charge in [0.2, 0.25) is 0 Å². The lowest BCUT2D eigenvalue weighted by atomic mass is 10.1. The number of ether oxygens (including phenoxy) is 2. The first-order valence-corrected chi connectivity index (χ1v) is 6.38. The van der Waals surface area contributed by atoms with Gasteiger partial charge in [-0.1, -0.05) is 6.07 Å². The number of hydrogen-bond acceptors (Lipinski definition) is 5. The molecule has 122 valence electrons. The molecule has 0 saturated heterocycles. The van der Waals surface area contributed by atoms with E-state index < -0.39 is 18.6 Å². The van der Waals surface area contributed by atoms with E-state index >= 15 is 0 Å². The van der Waals surface area contributed by atoms with Gasteiger partial charge < -0.3 is 19.0 Å². The van der Waals surface area contributed by atoms with Crippen molar-refractivity contribution < 1.29 is 37.4 Å². The van der Waals surface area contributed by atoms with E-state index in [2.05, 4.69) is 9.47 Å². The summed E-state index contributed by atoms with van der Waals surface area (Å²) in [6, 6.07) is 4.13. The monoisotopic (exact) mass is 326 g/mol. The van der Waals surface area contributed by atoms with Crippen molar-refractivity contribution in [3.63, 3.8) is 0 Å². The van der Waals surface area contributed by atoms with E-state index in [1.165, 1.54) is 25.3 Å². The van der Waals surface area contributed by atoms with Crippen molar-refractivity contribution in [3.05, 3.63) is 35.6 Å². The molecule has 1 N–H and O–H groups in total. The fourth-order valence-corrected chi connectivity index (χ4v) is 1.98. The van der Waals surface area contributed by atoms with Gasteiger partial charge in [-0.15, -0.1) is 0 Å². The Bertz CT molecular complexity index is 763. The SMILES string of the molecule is COC(=O)Cc1ccc(OC(F)F)c2oc(/C=C\C(=O)O)cc12. The lowest BCUT2D eigenvalue weighted by Gasteiger charge is -2.07. The number of alkyl halides is 2. The zero-order valence-corrected chi connectivity index (χ0v) is 11.9. The Balaban J connectivity index is 2.52. The number of carbonyl (C=O) groups excluding carboxylic acids is 1. The molecular weight excluding hydrogens is 314 g/mol. The van der Waals surface area contributed by atoms with Crippen molar-refractivity contribution in [2.75, 3.05) is 7.11 Å². The van der Waals surface area contributed by atoms with Crippen LogP contribution in [0.4, 0.5) is 8.78 Å². The maximum atomic E-state index is 12.4. The minimum atomic E-state index is -3.05. The Kier molecular flexibility index (Phi) is 4.95. The predicted molar refractivity (Wildman–Crippen MR) is 75.2 cm³/mol. The summed E-state index contributed by atoms with van der Waals surface area (Å²) >= 11 is 0. The summed E-state index contributed by atoms with van der Waals surface area (Å²) in [7, 11) is 1.23. The Morgan fingerprint density at radius 1 is 1.39 bits per heavy atom. The van der Waals surface area contributed by atoms with Crippen LogP contribution in [-0.4, -0.2) is 30.8 Å². The minimum absolute atomic E-state index is 0.00302. The number of carboxylic acid groups (broad SMARTS) is 1. The number of rotatable bonds is 6. The number of carboxylic acids is 1. The molecule has 2 rings (SSSR count). The number of carbonyl (C=O) groups is 2. The molecule has 0 saturated carbocycles. The summed E-state index contributed by atoms with van der Waals surface area (Å²) in [5.41, 5.74) is 0.476. The van der Waals surface area contributed by atoms with Crippen LogP contribution in [0.15, 0.2) is 28.7 Å². The van der Waals surface area contributed by atoms with Crippen LogP contribution in [0.5, 0.6) is 5.75 Å². The highest BCUT2D eigenvalue weighted by molar-refractivity contribution is 5.92. The molecule has 8 heteroatoms. The molecule has 0 atom stereocenters. The minimum Gasteiger partial charge on any atom is -0.478 e. The van der Waals surface area contributed by atoms with E-state index in [9.17, 15) is 18.4 Å². The fraction of sp³-hybridized carbons (Fsp3) is 0.200. The summed E-state index contributed by atoms with van der Waals surface area (Å²) in [6.45, 7) is -3.05. The second-order valence-corrected chi connectivity index (χ2v) is 4.42. The van der Waals surface area contributed by atoms with Crippen LogP contribution in [0.2, 0.25) is 0 Å². The van der Waals surface area contributed by atoms with Crippen LogP contribution < -0.4 is 4.74 Å². The Morgan fingerprint density at radius 2 is 2.13 bits per heavy atom. The predicted octanol–water partition coefficient (Wildman–Crippen LogP) is 2.85. The number of esters is 1. The smallest absolute Gasteiger partial charge is 0.387 e. The molecule has 2 aromatic rings. The average molecular weight is 326 g/mol. The van der Waals surface area contributed by atoms with E-state index in [1.807, 2.05) is 0 Å². The largest absolute Gasteiger partial charge is 0.478 e. The number of fused-ring (bicyclic) bond motifs is 1. The molecule has 0 amide bonds. The van der Waals surface area contributed by atoms with Gasteiger partial charge >= 0.3 is 18.6 Å². The molecule has 0 aliphatic heterocycles. The van der Waals surface area contributed by atoms with Crippen LogP contribution in [0, 0.1) is 0 Å². The van der Waals surface area contributed by atoms with Gasteiger partial charge in [-0.3, -0.25) is 4.79 Å². The van der Waals surface area contributed by atoms with Crippen LogP contribution in [0.25, 0.3) is 17.0 Å². The van der Waals surface area contributed by atoms with Crippen molar-refractivity contribution in [1.82, 2.24) is 0 Å². The Labute approximate surface area is 128 Å². The summed E-state index contributed by atoms with van der Waals surface area (Å²) in [4.78, 5) is 22.0. The molecule has 0 radical (unpaired) electrons. The molecule has 0 unspecified atom stereocenters. The maximum absolute atomic E-state index is 12.4. The summed E-state index contributed by atoms with van der Waals surface area (Å²) in [5, 5.41) is 8.97. The normalized spacial score (nSPS) is 11.3. The van der Waals surface area contributed by atoms with Crippen molar-refractivity contribution in [2.45, 2.75) is 13.0 Å². The van der Waals surface area contributed by atoms with E-state index in [0.717, 1.165) is 12.2 Å². The second-order valence-electron chi connectivity index (χ2n) is 4.42. The number of halogens is 2. The number of benzene rings is 1. The van der Waals surface area contributed by atoms with Gasteiger partial charge in [-0.25, -0.2) is 4.79 Å². The molecule has 0 fully saturated rings. The van der Waals surface area contributed by atoms with Crippen LogP contribution in [0.1, 0.15) is 11.3 Å². The Hall–Kier alpha value is -2.90. The fourth-order valence-electron chi connectivity index (χ4n) is 1.98. The summed E-state index contributed by atoms with van der Waals surface area (Å²) in [6.07, 6.45) is 1.91. The first-order chi connectivity index (χ1) is 10.9. The van der Waals surface area contributed by atoms with Gasteiger partial charge in [0.25, 0.3) is 0 Å². The van der Waals surface area contributed by atoms with Gasteiger partial charge in [-0.05, 0) is 23.8 Å². The highest BCUT2D eigenvalue weighted by Crippen LogP contribution is 2.33. The summed E-state index contributed by atoms with van der Waals surface area (Å²) < 4.78 is 39.2. The number of furan rings is 1. The van der Waals surface area contributed by atoms with Crippen molar-refractivity contribution in [2.24, 2.45) is 0 Å². The van der Waals surface area contributed by atoms with E-state index in [1.54, 1.807) is 0 Å². The third kappa shape index (κ3) is 4.06. The van der Waals surface area contributed by atoms with Gasteiger partial charge in [0.05, 0.1) is 13.5 Å². The molecule has 0 bridgehead atoms. The lowest BCUT2D eigenvalue weighted by molar-refractivity contribution is -0.139. The number of aliphatic carboxylic acids is 1. The maximum Gasteiger partial charge on any atom is 0.387 e. The molecule has 23 heavy (non-hydrogen) atoms. The standard InChI is InChI=1S/C15H12F2O6/c1-21-13(20)6-8-2-4-11(23-15(16)17)14-10(8)7-9(22-14)3-5-12(18)19/h2-5,7,15H,6H2,1H3,(H,18,19)/b5-3-. The van der Waals surface area contributed by atoms with E-state index in [0.29, 0.717) is 10.9 Å². The molecule has 1 aromatic carbocycles. The Morgan fingerprint density at radius 3 is 2.74 bits per heavy atom. The van der Waals surface area contributed by atoms with Crippen LogP contribution >= 0.6 is 0 Å². The highest BCUT2D eigenvalue weighted by atomic mass is 19.3. The van der Waals surface area contributed by atoms with Crippen LogP contribution in [0.3, 0.4) is 0 Å². The molecule has 0 spiro atoms. The van der Waals surface area contributed by atoms with Crippen molar-refractivity contribution in [1.29, 1.82) is 0 Å². The molecule has 0 aliphatic carbocycles. The molecule has 1 heterocycles. The highest BCUT2D eigenvalue weighted by Gasteiger charge is 2.17. The van der Waals surface area contributed by atoms with Gasteiger partial charge in [0, 0.05) is 11.5 Å². The van der Waals surface area contributed by atoms with Gasteiger partial charge in [0.15, 0.2) is 11.3 Å². The zero-order valence-electron chi connectivity index (χ0n) is 11.9. The quantitative estimate of drug-likeness (QED) is 0.649. The third-order valence-electron chi connectivity index (χ3n) is 2.93. The van der Waals surface area contributed by atoms with Crippen LogP contribution in [-0.2, 0) is 20.7 Å². The molecule has 1 aromatic heterocycles. The van der Waals surface area contributed by atoms with E-state index in [4.69, 9.17) is 9.52 Å². The zero-order chi connectivity index (χ0) is 17.0.